The molecule has 0 heterocycles. The van der Waals surface area contributed by atoms with Crippen molar-refractivity contribution >= 4 is 67.1 Å². The van der Waals surface area contributed by atoms with Gasteiger partial charge in [0.25, 0.3) is 16.0 Å². The molecule has 202 valence electrons. The largest absolute Gasteiger partial charge is 0.505 e. The van der Waals surface area contributed by atoms with E-state index < -0.39 is 26.7 Å². The number of carbonyl (C=O) groups is 1. The third-order valence-electron chi connectivity index (χ3n) is 5.76. The van der Waals surface area contributed by atoms with Gasteiger partial charge in [-0.1, -0.05) is 54.4 Å². The van der Waals surface area contributed by atoms with Crippen LogP contribution in [0.25, 0.3) is 10.8 Å². The van der Waals surface area contributed by atoms with Crippen molar-refractivity contribution in [3.63, 3.8) is 0 Å². The number of phenols is 1. The number of anilines is 1. The zero-order valence-electron chi connectivity index (χ0n) is 20.8. The molecule has 1 amide bonds. The Hall–Kier alpha value is -3.70. The molecule has 0 radical (unpaired) electrons. The molecule has 4 aromatic rings. The summed E-state index contributed by atoms with van der Waals surface area (Å²) in [6.45, 7) is 3.92. The number of hydrogen-bond acceptors (Lipinski definition) is 7. The van der Waals surface area contributed by atoms with E-state index in [2.05, 4.69) is 15.5 Å². The van der Waals surface area contributed by atoms with Crippen molar-refractivity contribution < 1.29 is 27.6 Å². The zero-order chi connectivity index (χ0) is 28.3. The first-order chi connectivity index (χ1) is 18.5. The van der Waals surface area contributed by atoms with Gasteiger partial charge in [-0.05, 0) is 54.6 Å². The number of carbonyl (C=O) groups excluding carboxylic acids is 1. The van der Waals surface area contributed by atoms with E-state index in [0.717, 1.165) is 0 Å². The molecule has 0 bridgehead atoms. The van der Waals surface area contributed by atoms with Crippen LogP contribution in [0.3, 0.4) is 0 Å². The molecule has 4 aromatic carbocycles. The Morgan fingerprint density at radius 3 is 2.46 bits per heavy atom. The average Bonchev–Trinajstić information content (AvgIpc) is 2.89. The number of fused-ring (bicyclic) bond motifs is 1. The van der Waals surface area contributed by atoms with Crippen LogP contribution < -0.4 is 10.1 Å². The molecule has 0 saturated carbocycles. The van der Waals surface area contributed by atoms with Crippen molar-refractivity contribution in [1.82, 2.24) is 0 Å². The number of rotatable bonds is 8. The molecule has 0 aliphatic heterocycles. The van der Waals surface area contributed by atoms with Gasteiger partial charge >= 0.3 is 0 Å². The first-order valence-electron chi connectivity index (χ1n) is 11.7. The van der Waals surface area contributed by atoms with E-state index in [4.69, 9.17) is 27.9 Å². The lowest BCUT2D eigenvalue weighted by atomic mass is 10.0. The molecule has 3 N–H and O–H groups in total. The first-order valence-corrected chi connectivity index (χ1v) is 13.9. The highest BCUT2D eigenvalue weighted by Crippen LogP contribution is 2.41. The predicted molar refractivity (Wildman–Crippen MR) is 151 cm³/mol. The SMILES string of the molecule is CCOc1cc(Cl)ccc1NC(=O)c1cc2ccccc2c(N=Nc2cc(CC)cc(S(=O)(=O)O)c2Cl)c1O. The molecular formula is C27H23Cl2N3O6S. The first kappa shape index (κ1) is 28.3. The zero-order valence-corrected chi connectivity index (χ0v) is 23.1. The summed E-state index contributed by atoms with van der Waals surface area (Å²) in [7, 11) is -4.63. The van der Waals surface area contributed by atoms with Crippen LogP contribution in [-0.2, 0) is 16.5 Å². The van der Waals surface area contributed by atoms with Gasteiger partial charge in [0.1, 0.15) is 22.0 Å². The lowest BCUT2D eigenvalue weighted by Crippen LogP contribution is -2.13. The third-order valence-corrected chi connectivity index (χ3v) is 7.38. The van der Waals surface area contributed by atoms with Crippen LogP contribution in [0.4, 0.5) is 17.1 Å². The molecule has 0 aromatic heterocycles. The predicted octanol–water partition coefficient (Wildman–Crippen LogP) is 7.73. The quantitative estimate of drug-likeness (QED) is 0.142. The van der Waals surface area contributed by atoms with Crippen LogP contribution in [0.2, 0.25) is 10.0 Å². The topological polar surface area (TPSA) is 138 Å². The van der Waals surface area contributed by atoms with Crippen molar-refractivity contribution in [2.45, 2.75) is 25.2 Å². The van der Waals surface area contributed by atoms with Crippen LogP contribution in [0, 0.1) is 0 Å². The molecule has 0 saturated heterocycles. The van der Waals surface area contributed by atoms with Crippen molar-refractivity contribution in [2.75, 3.05) is 11.9 Å². The molecule has 39 heavy (non-hydrogen) atoms. The molecule has 0 atom stereocenters. The summed E-state index contributed by atoms with van der Waals surface area (Å²) in [5, 5.41) is 23.3. The molecule has 0 aliphatic rings. The Balaban J connectivity index is 1.82. The Labute approximate surface area is 234 Å². The summed E-state index contributed by atoms with van der Waals surface area (Å²) in [6.07, 6.45) is 0.431. The summed E-state index contributed by atoms with van der Waals surface area (Å²) in [4.78, 5) is 12.8. The van der Waals surface area contributed by atoms with Gasteiger partial charge < -0.3 is 15.2 Å². The number of amides is 1. The minimum atomic E-state index is -4.63. The normalized spacial score (nSPS) is 11.7. The summed E-state index contributed by atoms with van der Waals surface area (Å²) < 4.78 is 38.8. The summed E-state index contributed by atoms with van der Waals surface area (Å²) >= 11 is 12.3. The minimum absolute atomic E-state index is 0.0363. The molecule has 0 fully saturated rings. The highest BCUT2D eigenvalue weighted by molar-refractivity contribution is 7.86. The number of phenolic OH excluding ortho intramolecular Hbond substituents is 1. The van der Waals surface area contributed by atoms with Gasteiger partial charge in [-0.25, -0.2) is 0 Å². The molecule has 0 unspecified atom stereocenters. The number of aryl methyl sites for hydroxylation is 1. The minimum Gasteiger partial charge on any atom is -0.505 e. The Bertz CT molecular complexity index is 1720. The second-order valence-electron chi connectivity index (χ2n) is 8.33. The van der Waals surface area contributed by atoms with Crippen LogP contribution in [0.1, 0.15) is 29.8 Å². The molecule has 0 spiro atoms. The fraction of sp³-hybridized carbons (Fsp3) is 0.148. The number of nitrogens with one attached hydrogen (secondary N) is 1. The Morgan fingerprint density at radius 2 is 1.77 bits per heavy atom. The van der Waals surface area contributed by atoms with E-state index >= 15 is 0 Å². The van der Waals surface area contributed by atoms with Gasteiger partial charge in [0.15, 0.2) is 5.75 Å². The summed E-state index contributed by atoms with van der Waals surface area (Å²) in [5.41, 5.74) is 0.724. The Morgan fingerprint density at radius 1 is 1.03 bits per heavy atom. The lowest BCUT2D eigenvalue weighted by Gasteiger charge is -2.14. The number of hydrogen-bond donors (Lipinski definition) is 3. The van der Waals surface area contributed by atoms with Crippen molar-refractivity contribution in [2.24, 2.45) is 10.2 Å². The number of halogens is 2. The van der Waals surface area contributed by atoms with E-state index in [1.54, 1.807) is 56.3 Å². The van der Waals surface area contributed by atoms with E-state index in [-0.39, 0.29) is 22.0 Å². The third kappa shape index (κ3) is 6.15. The number of aromatic hydroxyl groups is 1. The van der Waals surface area contributed by atoms with E-state index in [1.165, 1.54) is 18.2 Å². The maximum absolute atomic E-state index is 13.3. The van der Waals surface area contributed by atoms with Gasteiger partial charge in [0.05, 0.1) is 22.9 Å². The number of benzene rings is 4. The Kier molecular flexibility index (Phi) is 8.41. The second-order valence-corrected chi connectivity index (χ2v) is 10.5. The highest BCUT2D eigenvalue weighted by atomic mass is 35.5. The molecular weight excluding hydrogens is 565 g/mol. The smallest absolute Gasteiger partial charge is 0.296 e. The number of ether oxygens (including phenoxy) is 1. The summed E-state index contributed by atoms with van der Waals surface area (Å²) in [6, 6.07) is 15.9. The van der Waals surface area contributed by atoms with E-state index in [0.29, 0.717) is 45.8 Å². The van der Waals surface area contributed by atoms with Crippen LogP contribution >= 0.6 is 23.2 Å². The number of nitrogens with zero attached hydrogens (tertiary/aromatic N) is 2. The highest BCUT2D eigenvalue weighted by Gasteiger charge is 2.22. The molecule has 4 rings (SSSR count). The summed E-state index contributed by atoms with van der Waals surface area (Å²) in [5.74, 6) is -0.740. The lowest BCUT2D eigenvalue weighted by molar-refractivity contribution is 0.102. The van der Waals surface area contributed by atoms with Crippen LogP contribution in [-0.4, -0.2) is 30.6 Å². The fourth-order valence-electron chi connectivity index (χ4n) is 3.86. The average molecular weight is 588 g/mol. The number of azo groups is 1. The van der Waals surface area contributed by atoms with Crippen molar-refractivity contribution in [1.29, 1.82) is 0 Å². The van der Waals surface area contributed by atoms with E-state index in [1.807, 2.05) is 0 Å². The van der Waals surface area contributed by atoms with Gasteiger partial charge in [-0.15, -0.1) is 10.2 Å². The van der Waals surface area contributed by atoms with E-state index in [9.17, 15) is 22.9 Å². The second kappa shape index (κ2) is 11.6. The maximum Gasteiger partial charge on any atom is 0.296 e. The van der Waals surface area contributed by atoms with Crippen molar-refractivity contribution in [3.8, 4) is 11.5 Å². The molecule has 12 heteroatoms. The fourth-order valence-corrected chi connectivity index (χ4v) is 5.10. The maximum atomic E-state index is 13.3. The monoisotopic (exact) mass is 587 g/mol. The van der Waals surface area contributed by atoms with Gasteiger partial charge in [0.2, 0.25) is 0 Å². The van der Waals surface area contributed by atoms with Gasteiger partial charge in [-0.2, -0.15) is 8.42 Å². The van der Waals surface area contributed by atoms with Gasteiger partial charge in [-0.3, -0.25) is 9.35 Å². The molecule has 9 nitrogen and oxygen atoms in total. The van der Waals surface area contributed by atoms with Crippen LogP contribution in [0.5, 0.6) is 11.5 Å². The van der Waals surface area contributed by atoms with Crippen LogP contribution in [0.15, 0.2) is 75.8 Å². The van der Waals surface area contributed by atoms with Crippen molar-refractivity contribution in [3.05, 3.63) is 81.8 Å². The standard InChI is InChI=1S/C27H23Cl2N3O6S/c1-3-15-11-21(24(29)23(12-15)39(35,36)37)31-32-25-18-8-6-5-7-16(18)13-19(26(25)33)27(34)30-20-10-9-17(28)14-22(20)38-4-2/h5-14,33H,3-4H2,1-2H3,(H,30,34)(H,35,36,37). The molecule has 0 aliphatic carbocycles. The van der Waals surface area contributed by atoms with Gasteiger partial charge in [0, 0.05) is 16.5 Å².